The van der Waals surface area contributed by atoms with E-state index in [0.29, 0.717) is 5.92 Å². The van der Waals surface area contributed by atoms with Crippen LogP contribution in [0, 0.1) is 0 Å². The van der Waals surface area contributed by atoms with E-state index in [4.69, 9.17) is 4.43 Å². The van der Waals surface area contributed by atoms with Gasteiger partial charge in [-0.25, -0.2) is 0 Å². The lowest BCUT2D eigenvalue weighted by molar-refractivity contribution is -0.131. The van der Waals surface area contributed by atoms with Gasteiger partial charge in [-0.05, 0) is 53.8 Å². The number of hydrogen-bond donors (Lipinski definition) is 0. The predicted octanol–water partition coefficient (Wildman–Crippen LogP) is 4.05. The van der Waals surface area contributed by atoms with E-state index in [1.54, 1.807) is 11.1 Å². The minimum absolute atomic E-state index is 0.116. The quantitative estimate of drug-likeness (QED) is 0.778. The smallest absolute Gasteiger partial charge is 0.289 e. The maximum atomic E-state index is 11.3. The van der Waals surface area contributed by atoms with Crippen LogP contribution in [0.2, 0.25) is 0 Å². The minimum Gasteiger partial charge on any atom is -0.521 e. The molecule has 1 aromatic rings. The number of hydrogen-bond acceptors (Lipinski definition) is 2. The number of benzene rings is 1. The maximum Gasteiger partial charge on any atom is 0.289 e. The summed E-state index contributed by atoms with van der Waals surface area (Å²) in [4.78, 5) is 11.3. The van der Waals surface area contributed by atoms with Crippen LogP contribution >= 0.6 is 0 Å². The van der Waals surface area contributed by atoms with E-state index in [2.05, 4.69) is 18.2 Å². The first kappa shape index (κ1) is 16.8. The first-order valence-corrected chi connectivity index (χ1v) is 10.8. The van der Waals surface area contributed by atoms with E-state index >= 15 is 0 Å². The zero-order valence-electron chi connectivity index (χ0n) is 14.5. The fourth-order valence-electron chi connectivity index (χ4n) is 4.60. The molecule has 0 N–H and O–H groups in total. The SMILES string of the molecule is CC(=O)O[SiH2]c1cccc(C2CCCCC2)c1C1CCCCC1. The summed E-state index contributed by atoms with van der Waals surface area (Å²) in [6, 6.07) is 6.83. The molecule has 2 aliphatic carbocycles. The Bertz CT molecular complexity index is 528. The highest BCUT2D eigenvalue weighted by Crippen LogP contribution is 2.40. The Morgan fingerprint density at radius 3 is 2.17 bits per heavy atom. The monoisotopic (exact) mass is 330 g/mol. The first-order chi connectivity index (χ1) is 11.3. The van der Waals surface area contributed by atoms with E-state index in [1.807, 2.05) is 0 Å². The number of carbonyl (C=O) groups is 1. The number of carbonyl (C=O) groups excluding carboxylic acids is 1. The minimum atomic E-state index is -0.939. The zero-order valence-corrected chi connectivity index (χ0v) is 15.9. The Morgan fingerprint density at radius 1 is 0.957 bits per heavy atom. The van der Waals surface area contributed by atoms with E-state index in [0.717, 1.165) is 5.92 Å². The van der Waals surface area contributed by atoms with Gasteiger partial charge in [0.15, 0.2) is 0 Å². The zero-order chi connectivity index (χ0) is 16.1. The molecule has 0 aromatic heterocycles. The van der Waals surface area contributed by atoms with Gasteiger partial charge in [0, 0.05) is 6.92 Å². The molecule has 23 heavy (non-hydrogen) atoms. The highest BCUT2D eigenvalue weighted by molar-refractivity contribution is 6.49. The van der Waals surface area contributed by atoms with E-state index in [1.165, 1.54) is 76.3 Å². The second-order valence-corrected chi connectivity index (χ2v) is 8.71. The van der Waals surface area contributed by atoms with Crippen LogP contribution in [0.4, 0.5) is 0 Å². The number of rotatable bonds is 4. The van der Waals surface area contributed by atoms with Crippen molar-refractivity contribution in [3.63, 3.8) is 0 Å². The van der Waals surface area contributed by atoms with Crippen LogP contribution in [0.25, 0.3) is 0 Å². The molecule has 126 valence electrons. The van der Waals surface area contributed by atoms with Gasteiger partial charge in [-0.15, -0.1) is 0 Å². The van der Waals surface area contributed by atoms with Gasteiger partial charge in [0.25, 0.3) is 15.7 Å². The third-order valence-electron chi connectivity index (χ3n) is 5.72. The molecule has 2 fully saturated rings. The van der Waals surface area contributed by atoms with Gasteiger partial charge in [-0.2, -0.15) is 0 Å². The van der Waals surface area contributed by atoms with Crippen molar-refractivity contribution in [1.29, 1.82) is 0 Å². The molecule has 0 aliphatic heterocycles. The van der Waals surface area contributed by atoms with Crippen LogP contribution in [-0.4, -0.2) is 15.7 Å². The highest BCUT2D eigenvalue weighted by atomic mass is 28.2. The van der Waals surface area contributed by atoms with Crippen molar-refractivity contribution in [1.82, 2.24) is 0 Å². The standard InChI is InChI=1S/C20H30O2Si/c1-15(21)22-23-19-14-8-13-18(16-9-4-2-5-10-16)20(19)17-11-6-3-7-12-17/h8,13-14,16-17H,2-7,9-12,23H2,1H3. The molecule has 1 aromatic carbocycles. The normalized spacial score (nSPS) is 20.9. The third kappa shape index (κ3) is 4.26. The molecule has 2 saturated carbocycles. The Balaban J connectivity index is 1.92. The summed E-state index contributed by atoms with van der Waals surface area (Å²) in [5.74, 6) is 1.33. The highest BCUT2D eigenvalue weighted by Gasteiger charge is 2.26. The molecule has 2 aliphatic rings. The van der Waals surface area contributed by atoms with E-state index < -0.39 is 9.76 Å². The van der Waals surface area contributed by atoms with Crippen molar-refractivity contribution in [2.45, 2.75) is 83.0 Å². The summed E-state index contributed by atoms with van der Waals surface area (Å²) in [5.41, 5.74) is 3.21. The second kappa shape index (κ2) is 8.14. The lowest BCUT2D eigenvalue weighted by Gasteiger charge is -2.31. The molecule has 3 heteroatoms. The summed E-state index contributed by atoms with van der Waals surface area (Å²) in [6.07, 6.45) is 13.6. The molecule has 0 amide bonds. The van der Waals surface area contributed by atoms with Gasteiger partial charge in [-0.3, -0.25) is 4.79 Å². The van der Waals surface area contributed by atoms with Crippen LogP contribution in [0.1, 0.15) is 94.1 Å². The molecule has 2 nitrogen and oxygen atoms in total. The first-order valence-electron chi connectivity index (χ1n) is 9.50. The van der Waals surface area contributed by atoms with Gasteiger partial charge < -0.3 is 4.43 Å². The van der Waals surface area contributed by atoms with Crippen molar-refractivity contribution < 1.29 is 9.22 Å². The second-order valence-electron chi connectivity index (χ2n) is 7.37. The Hall–Kier alpha value is -1.09. The fourth-order valence-corrected chi connectivity index (χ4v) is 5.84. The van der Waals surface area contributed by atoms with Crippen molar-refractivity contribution in [3.8, 4) is 0 Å². The summed E-state index contributed by atoms with van der Waals surface area (Å²) in [5, 5.41) is 1.40. The summed E-state index contributed by atoms with van der Waals surface area (Å²) in [6.45, 7) is 1.54. The van der Waals surface area contributed by atoms with Gasteiger partial charge >= 0.3 is 0 Å². The lowest BCUT2D eigenvalue weighted by Crippen LogP contribution is -2.28. The van der Waals surface area contributed by atoms with Crippen molar-refractivity contribution in [2.24, 2.45) is 0 Å². The molecular formula is C20H30O2Si. The molecule has 0 spiro atoms. The van der Waals surface area contributed by atoms with Crippen molar-refractivity contribution in [2.75, 3.05) is 0 Å². The predicted molar refractivity (Wildman–Crippen MR) is 98.0 cm³/mol. The molecule has 3 rings (SSSR count). The Kier molecular flexibility index (Phi) is 5.93. The summed E-state index contributed by atoms with van der Waals surface area (Å²) >= 11 is 0. The third-order valence-corrected chi connectivity index (χ3v) is 7.20. The fraction of sp³-hybridized carbons (Fsp3) is 0.650. The molecule has 0 saturated heterocycles. The van der Waals surface area contributed by atoms with Crippen LogP contribution in [0.5, 0.6) is 0 Å². The average molecular weight is 331 g/mol. The summed E-state index contributed by atoms with van der Waals surface area (Å²) < 4.78 is 5.50. The van der Waals surface area contributed by atoms with Gasteiger partial charge in [0.1, 0.15) is 0 Å². The van der Waals surface area contributed by atoms with Crippen LogP contribution < -0.4 is 5.19 Å². The Morgan fingerprint density at radius 2 is 1.57 bits per heavy atom. The van der Waals surface area contributed by atoms with Gasteiger partial charge in [0.05, 0.1) is 0 Å². The lowest BCUT2D eigenvalue weighted by atomic mass is 9.76. The molecule has 0 unspecified atom stereocenters. The van der Waals surface area contributed by atoms with Gasteiger partial charge in [0.2, 0.25) is 0 Å². The largest absolute Gasteiger partial charge is 0.521 e. The summed E-state index contributed by atoms with van der Waals surface area (Å²) in [7, 11) is -0.939. The molecular weight excluding hydrogens is 300 g/mol. The molecule has 0 atom stereocenters. The van der Waals surface area contributed by atoms with Crippen molar-refractivity contribution in [3.05, 3.63) is 29.3 Å². The van der Waals surface area contributed by atoms with Crippen molar-refractivity contribution >= 4 is 20.9 Å². The molecule has 0 radical (unpaired) electrons. The van der Waals surface area contributed by atoms with Crippen LogP contribution in [-0.2, 0) is 9.22 Å². The van der Waals surface area contributed by atoms with Crippen LogP contribution in [0.3, 0.4) is 0 Å². The Labute approximate surface area is 143 Å². The van der Waals surface area contributed by atoms with Gasteiger partial charge in [-0.1, -0.05) is 56.7 Å². The average Bonchev–Trinajstić information content (AvgIpc) is 2.61. The maximum absolute atomic E-state index is 11.3. The topological polar surface area (TPSA) is 26.3 Å². The molecule has 0 bridgehead atoms. The van der Waals surface area contributed by atoms with E-state index in [9.17, 15) is 4.79 Å². The van der Waals surface area contributed by atoms with Crippen LogP contribution in [0.15, 0.2) is 18.2 Å². The van der Waals surface area contributed by atoms with E-state index in [-0.39, 0.29) is 5.97 Å². The molecule has 0 heterocycles.